The van der Waals surface area contributed by atoms with E-state index in [0.29, 0.717) is 11.4 Å². The molecule has 1 aliphatic rings. The first-order valence-corrected chi connectivity index (χ1v) is 11.6. The van der Waals surface area contributed by atoms with Crippen molar-refractivity contribution in [2.45, 2.75) is 13.8 Å². The molecule has 35 heavy (non-hydrogen) atoms. The van der Waals surface area contributed by atoms with E-state index in [2.05, 4.69) is 9.88 Å². The summed E-state index contributed by atoms with van der Waals surface area (Å²) in [6, 6.07) is 16.4. The Bertz CT molecular complexity index is 1310. The maximum atomic E-state index is 12.9. The molecule has 0 spiro atoms. The number of imide groups is 1. The van der Waals surface area contributed by atoms with E-state index in [1.165, 1.54) is 0 Å². The van der Waals surface area contributed by atoms with Crippen LogP contribution in [0.4, 0.5) is 10.5 Å². The van der Waals surface area contributed by atoms with Crippen molar-refractivity contribution in [3.05, 3.63) is 76.5 Å². The molecular weight excluding hydrogens is 466 g/mol. The molecule has 3 amide bonds. The van der Waals surface area contributed by atoms with Crippen molar-refractivity contribution in [3.63, 3.8) is 0 Å². The molecule has 0 saturated carbocycles. The standard InChI is InChI=1S/C26H25N3O5S/c1-16-13-18(17(2)29(16)20-7-11-22(34-4)12-8-20)14-23-25(31)28(26(32)35-23)15-24(30)27-19-5-9-21(33-3)10-6-19/h5-14H,15H2,1-4H3,(H,27,30)/b23-14-. The number of anilines is 1. The lowest BCUT2D eigenvalue weighted by molar-refractivity contribution is -0.127. The molecule has 1 aromatic heterocycles. The van der Waals surface area contributed by atoms with E-state index in [1.54, 1.807) is 44.6 Å². The average Bonchev–Trinajstić information content (AvgIpc) is 3.28. The first kappa shape index (κ1) is 24.2. The van der Waals surface area contributed by atoms with Gasteiger partial charge in [0.25, 0.3) is 11.1 Å². The summed E-state index contributed by atoms with van der Waals surface area (Å²) in [6.07, 6.45) is 1.70. The van der Waals surface area contributed by atoms with E-state index in [4.69, 9.17) is 9.47 Å². The number of carbonyl (C=O) groups is 3. The molecule has 0 atom stereocenters. The van der Waals surface area contributed by atoms with Gasteiger partial charge < -0.3 is 19.4 Å². The molecule has 9 heteroatoms. The monoisotopic (exact) mass is 491 g/mol. The van der Waals surface area contributed by atoms with Crippen LogP contribution >= 0.6 is 11.8 Å². The van der Waals surface area contributed by atoms with Crippen LogP contribution in [0, 0.1) is 13.8 Å². The van der Waals surface area contributed by atoms with E-state index >= 15 is 0 Å². The summed E-state index contributed by atoms with van der Waals surface area (Å²) in [4.78, 5) is 39.1. The van der Waals surface area contributed by atoms with Crippen LogP contribution in [0.25, 0.3) is 11.8 Å². The molecule has 0 bridgehead atoms. The number of methoxy groups -OCH3 is 2. The molecule has 180 valence electrons. The van der Waals surface area contributed by atoms with Crippen molar-refractivity contribution in [1.82, 2.24) is 9.47 Å². The molecule has 0 radical (unpaired) electrons. The largest absolute Gasteiger partial charge is 0.497 e. The van der Waals surface area contributed by atoms with Gasteiger partial charge in [0.2, 0.25) is 5.91 Å². The van der Waals surface area contributed by atoms with Crippen molar-refractivity contribution >= 4 is 40.6 Å². The van der Waals surface area contributed by atoms with Gasteiger partial charge in [0.15, 0.2) is 0 Å². The van der Waals surface area contributed by atoms with Gasteiger partial charge in [-0.2, -0.15) is 0 Å². The molecule has 1 N–H and O–H groups in total. The van der Waals surface area contributed by atoms with Crippen LogP contribution in [0.3, 0.4) is 0 Å². The number of thioether (sulfide) groups is 1. The summed E-state index contributed by atoms with van der Waals surface area (Å²) >= 11 is 0.831. The number of nitrogens with one attached hydrogen (secondary N) is 1. The Labute approximate surface area is 207 Å². The fraction of sp³-hybridized carbons (Fsp3) is 0.192. The van der Waals surface area contributed by atoms with Crippen molar-refractivity contribution in [3.8, 4) is 17.2 Å². The zero-order chi connectivity index (χ0) is 25.1. The fourth-order valence-electron chi connectivity index (χ4n) is 3.86. The Morgan fingerprint density at radius 1 is 0.971 bits per heavy atom. The molecule has 1 aliphatic heterocycles. The number of carbonyl (C=O) groups excluding carboxylic acids is 3. The molecule has 1 saturated heterocycles. The van der Waals surface area contributed by atoms with Crippen LogP contribution in [0.2, 0.25) is 0 Å². The zero-order valence-electron chi connectivity index (χ0n) is 19.8. The summed E-state index contributed by atoms with van der Waals surface area (Å²) in [5, 5.41) is 2.21. The normalized spacial score (nSPS) is 14.5. The summed E-state index contributed by atoms with van der Waals surface area (Å²) < 4.78 is 12.4. The molecule has 2 heterocycles. The van der Waals surface area contributed by atoms with Gasteiger partial charge in [0, 0.05) is 22.8 Å². The highest BCUT2D eigenvalue weighted by molar-refractivity contribution is 8.18. The number of aromatic nitrogens is 1. The van der Waals surface area contributed by atoms with Crippen molar-refractivity contribution < 1.29 is 23.9 Å². The molecule has 0 aliphatic carbocycles. The Kier molecular flexibility index (Phi) is 6.97. The summed E-state index contributed by atoms with van der Waals surface area (Å²) in [6.45, 7) is 3.57. The molecule has 0 unspecified atom stereocenters. The Morgan fingerprint density at radius 3 is 2.17 bits per heavy atom. The van der Waals surface area contributed by atoms with Crippen LogP contribution < -0.4 is 14.8 Å². The van der Waals surface area contributed by atoms with Crippen molar-refractivity contribution in [1.29, 1.82) is 0 Å². The number of benzene rings is 2. The van der Waals surface area contributed by atoms with E-state index in [0.717, 1.165) is 45.1 Å². The Morgan fingerprint density at radius 2 is 1.57 bits per heavy atom. The van der Waals surface area contributed by atoms with Crippen molar-refractivity contribution in [2.75, 3.05) is 26.1 Å². The molecule has 3 aromatic rings. The number of amides is 3. The lowest BCUT2D eigenvalue weighted by Gasteiger charge is -2.12. The first-order chi connectivity index (χ1) is 16.8. The van der Waals surface area contributed by atoms with Crippen LogP contribution in [0.5, 0.6) is 11.5 Å². The number of hydrogen-bond acceptors (Lipinski definition) is 6. The quantitative estimate of drug-likeness (QED) is 0.478. The number of aryl methyl sites for hydroxylation is 1. The van der Waals surface area contributed by atoms with Gasteiger partial charge in [0.05, 0.1) is 19.1 Å². The Hall–Kier alpha value is -3.98. The third-order valence-corrected chi connectivity index (χ3v) is 6.54. The maximum Gasteiger partial charge on any atom is 0.294 e. The average molecular weight is 492 g/mol. The number of hydrogen-bond donors (Lipinski definition) is 1. The first-order valence-electron chi connectivity index (χ1n) is 10.8. The highest BCUT2D eigenvalue weighted by atomic mass is 32.2. The maximum absolute atomic E-state index is 12.9. The second-order valence-electron chi connectivity index (χ2n) is 7.90. The third kappa shape index (κ3) is 5.09. The molecule has 2 aromatic carbocycles. The second kappa shape index (κ2) is 10.1. The lowest BCUT2D eigenvalue weighted by Crippen LogP contribution is -2.36. The van der Waals surface area contributed by atoms with E-state index in [1.807, 2.05) is 44.2 Å². The summed E-state index contributed by atoms with van der Waals surface area (Å²) in [5.41, 5.74) is 4.24. The van der Waals surface area contributed by atoms with Crippen molar-refractivity contribution in [2.24, 2.45) is 0 Å². The van der Waals surface area contributed by atoms with Crippen LogP contribution in [0.1, 0.15) is 17.0 Å². The van der Waals surface area contributed by atoms with Crippen LogP contribution in [-0.4, -0.2) is 47.3 Å². The smallest absolute Gasteiger partial charge is 0.294 e. The second-order valence-corrected chi connectivity index (χ2v) is 8.90. The van der Waals surface area contributed by atoms with E-state index in [-0.39, 0.29) is 11.4 Å². The SMILES string of the molecule is COc1ccc(NC(=O)CN2C(=O)S/C(=C\c3cc(C)n(-c4ccc(OC)cc4)c3C)C2=O)cc1. The van der Waals surface area contributed by atoms with E-state index < -0.39 is 17.1 Å². The predicted molar refractivity (Wildman–Crippen MR) is 136 cm³/mol. The number of nitrogens with zero attached hydrogens (tertiary/aromatic N) is 2. The highest BCUT2D eigenvalue weighted by Crippen LogP contribution is 2.34. The summed E-state index contributed by atoms with van der Waals surface area (Å²) in [7, 11) is 3.17. The van der Waals surface area contributed by atoms with Gasteiger partial charge in [-0.25, -0.2) is 0 Å². The van der Waals surface area contributed by atoms with Gasteiger partial charge in [-0.15, -0.1) is 0 Å². The van der Waals surface area contributed by atoms with Gasteiger partial charge in [-0.05, 0) is 91.8 Å². The topological polar surface area (TPSA) is 89.9 Å². The highest BCUT2D eigenvalue weighted by Gasteiger charge is 2.36. The van der Waals surface area contributed by atoms with Crippen LogP contribution in [-0.2, 0) is 9.59 Å². The van der Waals surface area contributed by atoms with Gasteiger partial charge in [-0.3, -0.25) is 19.3 Å². The number of rotatable bonds is 7. The minimum Gasteiger partial charge on any atom is -0.497 e. The molecular formula is C26H25N3O5S. The molecule has 1 fully saturated rings. The summed E-state index contributed by atoms with van der Waals surface area (Å²) in [5.74, 6) is 0.474. The van der Waals surface area contributed by atoms with E-state index in [9.17, 15) is 14.4 Å². The van der Waals surface area contributed by atoms with Gasteiger partial charge >= 0.3 is 0 Å². The third-order valence-electron chi connectivity index (χ3n) is 5.64. The van der Waals surface area contributed by atoms with Gasteiger partial charge in [-0.1, -0.05) is 0 Å². The molecule has 4 rings (SSSR count). The predicted octanol–water partition coefficient (Wildman–Crippen LogP) is 4.79. The zero-order valence-corrected chi connectivity index (χ0v) is 20.6. The fourth-order valence-corrected chi connectivity index (χ4v) is 4.69. The molecule has 8 nitrogen and oxygen atoms in total. The van der Waals surface area contributed by atoms with Crippen LogP contribution in [0.15, 0.2) is 59.5 Å². The minimum absolute atomic E-state index is 0.280. The lowest BCUT2D eigenvalue weighted by atomic mass is 10.2. The van der Waals surface area contributed by atoms with Gasteiger partial charge in [0.1, 0.15) is 18.0 Å². The minimum atomic E-state index is -0.487. The Balaban J connectivity index is 1.49. The number of ether oxygens (including phenoxy) is 2.